The molecule has 0 aliphatic rings. The number of halogens is 1. The van der Waals surface area contributed by atoms with Crippen LogP contribution in [0.4, 0.5) is 20.6 Å². The third kappa shape index (κ3) is 2.62. The van der Waals surface area contributed by atoms with Crippen molar-refractivity contribution < 1.29 is 13.9 Å². The Balaban J connectivity index is 2.68. The first-order chi connectivity index (χ1) is 6.63. The second-order valence-corrected chi connectivity index (χ2v) is 2.58. The number of rotatable bonds is 2. The summed E-state index contributed by atoms with van der Waals surface area (Å²) in [6.07, 6.45) is -0.614. The van der Waals surface area contributed by atoms with Crippen molar-refractivity contribution in [3.8, 4) is 0 Å². The highest BCUT2D eigenvalue weighted by atomic mass is 19.1. The topological polar surface area (TPSA) is 64.3 Å². The van der Waals surface area contributed by atoms with E-state index in [1.807, 2.05) is 0 Å². The first kappa shape index (κ1) is 10.3. The Bertz CT molecular complexity index is 342. The first-order valence-corrected chi connectivity index (χ1v) is 4.12. The van der Waals surface area contributed by atoms with Crippen LogP contribution in [0.15, 0.2) is 18.2 Å². The Morgan fingerprint density at radius 3 is 2.93 bits per heavy atom. The van der Waals surface area contributed by atoms with Gasteiger partial charge in [-0.1, -0.05) is 0 Å². The van der Waals surface area contributed by atoms with Crippen molar-refractivity contribution >= 4 is 17.5 Å². The summed E-state index contributed by atoms with van der Waals surface area (Å²) in [5, 5.41) is 2.35. The number of benzene rings is 1. The molecule has 0 aliphatic carbocycles. The molecule has 4 nitrogen and oxygen atoms in total. The molecule has 3 N–H and O–H groups in total. The molecule has 0 saturated carbocycles. The smallest absolute Gasteiger partial charge is 0.411 e. The van der Waals surface area contributed by atoms with Crippen LogP contribution >= 0.6 is 0 Å². The van der Waals surface area contributed by atoms with Gasteiger partial charge in [-0.25, -0.2) is 9.18 Å². The molecule has 0 aliphatic heterocycles. The number of carbonyl (C=O) groups is 1. The molecule has 0 spiro atoms. The summed E-state index contributed by atoms with van der Waals surface area (Å²) in [4.78, 5) is 10.9. The fraction of sp³-hybridized carbons (Fsp3) is 0.222. The normalized spacial score (nSPS) is 9.57. The Labute approximate surface area is 80.9 Å². The molecule has 0 atom stereocenters. The largest absolute Gasteiger partial charge is 0.450 e. The number of amides is 1. The average Bonchev–Trinajstić information content (AvgIpc) is 2.12. The van der Waals surface area contributed by atoms with Gasteiger partial charge in [0.15, 0.2) is 0 Å². The van der Waals surface area contributed by atoms with Gasteiger partial charge in [-0.2, -0.15) is 0 Å². The van der Waals surface area contributed by atoms with Crippen LogP contribution in [0.1, 0.15) is 6.92 Å². The van der Waals surface area contributed by atoms with Gasteiger partial charge in [0, 0.05) is 5.69 Å². The number of hydrogen-bond donors (Lipinski definition) is 2. The van der Waals surface area contributed by atoms with Crippen molar-refractivity contribution in [3.63, 3.8) is 0 Å². The standard InChI is InChI=1S/C9H11FN2O2/c1-2-14-9(13)12-6-3-4-8(11)7(10)5-6/h3-5H,2,11H2,1H3,(H,12,13). The Hall–Kier alpha value is -1.78. The Kier molecular flexibility index (Phi) is 3.28. The van der Waals surface area contributed by atoms with E-state index in [0.717, 1.165) is 6.07 Å². The van der Waals surface area contributed by atoms with Crippen LogP contribution in [0.2, 0.25) is 0 Å². The quantitative estimate of drug-likeness (QED) is 0.714. The van der Waals surface area contributed by atoms with E-state index in [4.69, 9.17) is 5.73 Å². The summed E-state index contributed by atoms with van der Waals surface area (Å²) < 4.78 is 17.5. The average molecular weight is 198 g/mol. The molecule has 0 radical (unpaired) electrons. The van der Waals surface area contributed by atoms with E-state index in [2.05, 4.69) is 10.1 Å². The number of nitrogens with one attached hydrogen (secondary N) is 1. The Morgan fingerprint density at radius 1 is 1.64 bits per heavy atom. The molecule has 0 fully saturated rings. The van der Waals surface area contributed by atoms with Crippen molar-refractivity contribution in [1.29, 1.82) is 0 Å². The number of nitrogens with two attached hydrogens (primary N) is 1. The van der Waals surface area contributed by atoms with Crippen molar-refractivity contribution in [2.24, 2.45) is 0 Å². The Morgan fingerprint density at radius 2 is 2.36 bits per heavy atom. The van der Waals surface area contributed by atoms with Gasteiger partial charge < -0.3 is 10.5 Å². The van der Waals surface area contributed by atoms with E-state index < -0.39 is 11.9 Å². The number of carbonyl (C=O) groups excluding carboxylic acids is 1. The zero-order chi connectivity index (χ0) is 10.6. The molecule has 0 aromatic heterocycles. The monoisotopic (exact) mass is 198 g/mol. The molecule has 1 rings (SSSR count). The minimum absolute atomic E-state index is 0.0411. The molecule has 76 valence electrons. The molecule has 1 amide bonds. The molecule has 0 bridgehead atoms. The van der Waals surface area contributed by atoms with Gasteiger partial charge in [0.1, 0.15) is 5.82 Å². The van der Waals surface area contributed by atoms with Gasteiger partial charge in [-0.15, -0.1) is 0 Å². The van der Waals surface area contributed by atoms with Crippen LogP contribution < -0.4 is 11.1 Å². The zero-order valence-electron chi connectivity index (χ0n) is 7.71. The number of hydrogen-bond acceptors (Lipinski definition) is 3. The minimum Gasteiger partial charge on any atom is -0.450 e. The van der Waals surface area contributed by atoms with Crippen LogP contribution in [0.5, 0.6) is 0 Å². The van der Waals surface area contributed by atoms with Gasteiger partial charge in [0.25, 0.3) is 0 Å². The lowest BCUT2D eigenvalue weighted by Crippen LogP contribution is -2.13. The molecule has 1 aromatic carbocycles. The van der Waals surface area contributed by atoms with E-state index >= 15 is 0 Å². The van der Waals surface area contributed by atoms with Crippen molar-refractivity contribution in [3.05, 3.63) is 24.0 Å². The van der Waals surface area contributed by atoms with Crippen molar-refractivity contribution in [2.75, 3.05) is 17.7 Å². The van der Waals surface area contributed by atoms with Crippen LogP contribution in [0, 0.1) is 5.82 Å². The number of anilines is 2. The summed E-state index contributed by atoms with van der Waals surface area (Å²) in [6, 6.07) is 4.00. The zero-order valence-corrected chi connectivity index (χ0v) is 7.71. The maximum absolute atomic E-state index is 12.9. The third-order valence-electron chi connectivity index (χ3n) is 1.52. The molecule has 0 heterocycles. The van der Waals surface area contributed by atoms with E-state index in [1.165, 1.54) is 12.1 Å². The van der Waals surface area contributed by atoms with E-state index in [-0.39, 0.29) is 12.3 Å². The van der Waals surface area contributed by atoms with Crippen LogP contribution in [0.25, 0.3) is 0 Å². The second-order valence-electron chi connectivity index (χ2n) is 2.58. The summed E-state index contributed by atoms with van der Waals surface area (Å²) >= 11 is 0. The molecule has 0 saturated heterocycles. The van der Waals surface area contributed by atoms with E-state index in [0.29, 0.717) is 5.69 Å². The van der Waals surface area contributed by atoms with E-state index in [9.17, 15) is 9.18 Å². The third-order valence-corrected chi connectivity index (χ3v) is 1.52. The molecular formula is C9H11FN2O2. The van der Waals surface area contributed by atoms with Gasteiger partial charge in [0.05, 0.1) is 12.3 Å². The fourth-order valence-corrected chi connectivity index (χ4v) is 0.890. The highest BCUT2D eigenvalue weighted by Crippen LogP contribution is 2.15. The van der Waals surface area contributed by atoms with Crippen LogP contribution in [-0.4, -0.2) is 12.7 Å². The molecule has 0 unspecified atom stereocenters. The SMILES string of the molecule is CCOC(=O)Nc1ccc(N)c(F)c1. The number of ether oxygens (including phenoxy) is 1. The molecular weight excluding hydrogens is 187 g/mol. The maximum atomic E-state index is 12.9. The highest BCUT2D eigenvalue weighted by molar-refractivity contribution is 5.84. The summed E-state index contributed by atoms with van der Waals surface area (Å²) in [6.45, 7) is 1.95. The lowest BCUT2D eigenvalue weighted by atomic mass is 10.3. The number of nitrogen functional groups attached to an aromatic ring is 1. The minimum atomic E-state index is -0.614. The maximum Gasteiger partial charge on any atom is 0.411 e. The van der Waals surface area contributed by atoms with Crippen LogP contribution in [0.3, 0.4) is 0 Å². The van der Waals surface area contributed by atoms with Gasteiger partial charge in [-0.05, 0) is 25.1 Å². The van der Waals surface area contributed by atoms with Gasteiger partial charge in [0.2, 0.25) is 0 Å². The van der Waals surface area contributed by atoms with Gasteiger partial charge in [-0.3, -0.25) is 5.32 Å². The molecule has 14 heavy (non-hydrogen) atoms. The van der Waals surface area contributed by atoms with Gasteiger partial charge >= 0.3 is 6.09 Å². The lowest BCUT2D eigenvalue weighted by Gasteiger charge is -2.05. The molecule has 5 heteroatoms. The predicted molar refractivity (Wildman–Crippen MR) is 51.5 cm³/mol. The second kappa shape index (κ2) is 4.45. The highest BCUT2D eigenvalue weighted by Gasteiger charge is 2.04. The van der Waals surface area contributed by atoms with Crippen LogP contribution in [-0.2, 0) is 4.74 Å². The van der Waals surface area contributed by atoms with Crippen molar-refractivity contribution in [1.82, 2.24) is 0 Å². The molecule has 1 aromatic rings. The predicted octanol–water partition coefficient (Wildman–Crippen LogP) is 1.98. The summed E-state index contributed by atoms with van der Waals surface area (Å²) in [7, 11) is 0. The fourth-order valence-electron chi connectivity index (χ4n) is 0.890. The lowest BCUT2D eigenvalue weighted by molar-refractivity contribution is 0.168. The van der Waals surface area contributed by atoms with Crippen molar-refractivity contribution in [2.45, 2.75) is 6.92 Å². The first-order valence-electron chi connectivity index (χ1n) is 4.12. The summed E-state index contributed by atoms with van der Waals surface area (Å²) in [5.41, 5.74) is 5.62. The summed E-state index contributed by atoms with van der Waals surface area (Å²) in [5.74, 6) is -0.570. The van der Waals surface area contributed by atoms with E-state index in [1.54, 1.807) is 6.92 Å².